The number of aromatic nitrogens is 4. The van der Waals surface area contributed by atoms with Crippen LogP contribution in [0.3, 0.4) is 0 Å². The standard InChI is InChI=1S/C28H32N4O5.C24H25N3O3.ClH/c1-17(2)35-24-13-10-18(16-22(24)29-6)26-30-25(31-37-26)21-9-7-8-20-19(21)11-12-23(20)32(14-15-33)27(34)36-28(3,4)5;1-15(2)29-22-12-10-17(14-21(22)25-3)24-26-23(27-30-24)20-8-4-7-18-16(6-5-13-28)9-11-19(18)20;/h7-10,13,16-17,23,33H,11-12,14-15H2,1-5H3;4,7-8,10,12,14-16,28H,5-6,9,11,13H2,1-2H3;1H/p-1/t23-;16-;/m00./s1. The van der Waals surface area contributed by atoms with Crippen molar-refractivity contribution >= 4 is 17.5 Å². The third kappa shape index (κ3) is 11.7. The van der Waals surface area contributed by atoms with Crippen LogP contribution in [0, 0.1) is 13.1 Å². The Labute approximate surface area is 403 Å². The van der Waals surface area contributed by atoms with Gasteiger partial charge in [-0.2, -0.15) is 9.97 Å². The van der Waals surface area contributed by atoms with Crippen LogP contribution in [-0.4, -0.2) is 79.1 Å². The Morgan fingerprint density at radius 3 is 1.76 bits per heavy atom. The molecule has 4 aromatic carbocycles. The number of fused-ring (bicyclic) bond motifs is 2. The number of hydrogen-bond donors (Lipinski definition) is 2. The minimum Gasteiger partial charge on any atom is -1.00 e. The summed E-state index contributed by atoms with van der Waals surface area (Å²) in [4.78, 5) is 30.9. The van der Waals surface area contributed by atoms with Gasteiger partial charge in [0.25, 0.3) is 11.8 Å². The zero-order valence-corrected chi connectivity index (χ0v) is 40.2. The van der Waals surface area contributed by atoms with Gasteiger partial charge in [-0.05, 0) is 152 Å². The summed E-state index contributed by atoms with van der Waals surface area (Å²) in [7, 11) is 0. The largest absolute Gasteiger partial charge is 1.00 e. The van der Waals surface area contributed by atoms with E-state index < -0.39 is 11.7 Å². The maximum atomic E-state index is 12.9. The second kappa shape index (κ2) is 22.3. The van der Waals surface area contributed by atoms with Gasteiger partial charge in [-0.15, -0.1) is 0 Å². The molecule has 0 fully saturated rings. The Bertz CT molecular complexity index is 2780. The lowest BCUT2D eigenvalue weighted by Crippen LogP contribution is -3.00. The number of ether oxygens (including phenoxy) is 3. The molecule has 2 aliphatic carbocycles. The molecule has 0 bridgehead atoms. The average Bonchev–Trinajstić information content (AvgIpc) is 4.14. The molecule has 2 N–H and O–H groups in total. The van der Waals surface area contributed by atoms with Crippen molar-refractivity contribution in [3.8, 4) is 57.2 Å². The Balaban J connectivity index is 0.000000225. The van der Waals surface area contributed by atoms with E-state index in [1.807, 2.05) is 84.9 Å². The van der Waals surface area contributed by atoms with Gasteiger partial charge < -0.3 is 45.9 Å². The molecule has 8 rings (SSSR count). The summed E-state index contributed by atoms with van der Waals surface area (Å²) in [6, 6.07) is 22.4. The van der Waals surface area contributed by atoms with Crippen LogP contribution in [0.4, 0.5) is 16.2 Å². The molecule has 0 saturated heterocycles. The summed E-state index contributed by atoms with van der Waals surface area (Å²) in [6.45, 7) is 28.3. The van der Waals surface area contributed by atoms with Crippen molar-refractivity contribution in [2.24, 2.45) is 0 Å². The molecule has 1 amide bonds. The van der Waals surface area contributed by atoms with Crippen LogP contribution in [0.5, 0.6) is 11.5 Å². The van der Waals surface area contributed by atoms with Gasteiger partial charge in [0, 0.05) is 35.4 Å². The lowest BCUT2D eigenvalue weighted by atomic mass is 9.95. The topological polar surface area (TPSA) is 175 Å². The number of amides is 1. The lowest BCUT2D eigenvalue weighted by Gasteiger charge is -2.31. The van der Waals surface area contributed by atoms with E-state index in [0.717, 1.165) is 47.9 Å². The van der Waals surface area contributed by atoms with Crippen molar-refractivity contribution in [2.75, 3.05) is 19.8 Å². The van der Waals surface area contributed by atoms with E-state index in [9.17, 15) is 9.90 Å². The van der Waals surface area contributed by atoms with E-state index in [4.69, 9.17) is 41.5 Å². The molecular weight excluding hydrogens is 886 g/mol. The molecule has 0 spiro atoms. The van der Waals surface area contributed by atoms with Crippen molar-refractivity contribution in [1.82, 2.24) is 25.2 Å². The molecule has 15 nitrogen and oxygen atoms in total. The quantitative estimate of drug-likeness (QED) is 0.0998. The molecule has 0 unspecified atom stereocenters. The first kappa shape index (κ1) is 50.6. The molecule has 2 aromatic heterocycles. The zero-order chi connectivity index (χ0) is 47.8. The second-order valence-corrected chi connectivity index (χ2v) is 18.1. The van der Waals surface area contributed by atoms with E-state index in [2.05, 4.69) is 36.0 Å². The van der Waals surface area contributed by atoms with Crippen LogP contribution in [0.25, 0.3) is 55.4 Å². The van der Waals surface area contributed by atoms with Gasteiger partial charge in [0.05, 0.1) is 38.0 Å². The normalized spacial score (nSPS) is 14.8. The number of rotatable bonds is 14. The smallest absolute Gasteiger partial charge is 0.410 e. The van der Waals surface area contributed by atoms with Crippen molar-refractivity contribution in [1.29, 1.82) is 0 Å². The van der Waals surface area contributed by atoms with Crippen LogP contribution in [0.15, 0.2) is 81.8 Å². The molecule has 0 radical (unpaired) electrons. The minimum atomic E-state index is -0.638. The van der Waals surface area contributed by atoms with Crippen LogP contribution >= 0.6 is 0 Å². The molecule has 2 aliphatic rings. The van der Waals surface area contributed by atoms with Crippen LogP contribution < -0.4 is 21.9 Å². The third-order valence-corrected chi connectivity index (χ3v) is 11.4. The van der Waals surface area contributed by atoms with Gasteiger partial charge in [0.2, 0.25) is 23.0 Å². The van der Waals surface area contributed by atoms with Crippen molar-refractivity contribution in [3.63, 3.8) is 0 Å². The summed E-state index contributed by atoms with van der Waals surface area (Å²) >= 11 is 0. The number of aliphatic hydroxyl groups excluding tert-OH is 2. The maximum absolute atomic E-state index is 12.9. The number of carbonyl (C=O) groups is 1. The van der Waals surface area contributed by atoms with Gasteiger partial charge in [0.1, 0.15) is 17.1 Å². The summed E-state index contributed by atoms with van der Waals surface area (Å²) in [5.74, 6) is 3.24. The molecule has 0 saturated carbocycles. The number of nitrogens with zero attached hydrogens (tertiary/aromatic N) is 7. The van der Waals surface area contributed by atoms with Crippen molar-refractivity contribution < 1.29 is 50.7 Å². The van der Waals surface area contributed by atoms with E-state index in [0.29, 0.717) is 76.2 Å². The fourth-order valence-corrected chi connectivity index (χ4v) is 8.64. The molecule has 0 aliphatic heterocycles. The number of hydrogen-bond acceptors (Lipinski definition) is 12. The number of aliphatic hydroxyl groups is 2. The highest BCUT2D eigenvalue weighted by atomic mass is 35.5. The highest BCUT2D eigenvalue weighted by molar-refractivity contribution is 5.73. The fourth-order valence-electron chi connectivity index (χ4n) is 8.64. The summed E-state index contributed by atoms with van der Waals surface area (Å²) in [5.41, 5.74) is 7.94. The van der Waals surface area contributed by atoms with E-state index in [-0.39, 0.29) is 50.4 Å². The molecule has 2 atom stereocenters. The SMILES string of the molecule is [C-]#[N+]c1cc(-c2nc(-c3cccc4c3CC[C@@H]4CCCO)no2)ccc1OC(C)C.[C-]#[N+]c1cc(-c2nc(-c3cccc4c3CC[C@@H]4N(CCO)C(=O)OC(C)(C)C)no2)ccc1OC(C)C.[Cl-]. The maximum Gasteiger partial charge on any atom is 0.410 e. The van der Waals surface area contributed by atoms with Gasteiger partial charge in [-0.1, -0.05) is 46.7 Å². The monoisotopic (exact) mass is 942 g/mol. The van der Waals surface area contributed by atoms with Crippen molar-refractivity contribution in [3.05, 3.63) is 118 Å². The first-order chi connectivity index (χ1) is 32.2. The number of benzene rings is 4. The predicted octanol–water partition coefficient (Wildman–Crippen LogP) is 8.51. The summed E-state index contributed by atoms with van der Waals surface area (Å²) in [6.07, 6.45) is 4.79. The molecule has 2 heterocycles. The average molecular weight is 944 g/mol. The predicted molar refractivity (Wildman–Crippen MR) is 253 cm³/mol. The highest BCUT2D eigenvalue weighted by Gasteiger charge is 2.35. The van der Waals surface area contributed by atoms with E-state index in [1.54, 1.807) is 35.2 Å². The highest BCUT2D eigenvalue weighted by Crippen LogP contribution is 2.43. The van der Waals surface area contributed by atoms with E-state index >= 15 is 0 Å². The fraction of sp³-hybridized carbons (Fsp3) is 0.404. The van der Waals surface area contributed by atoms with Gasteiger partial charge in [-0.3, -0.25) is 4.90 Å². The van der Waals surface area contributed by atoms with Gasteiger partial charge in [-0.25, -0.2) is 14.5 Å². The Hall–Kier alpha value is -6.78. The second-order valence-electron chi connectivity index (χ2n) is 18.1. The molecule has 16 heteroatoms. The summed E-state index contributed by atoms with van der Waals surface area (Å²) in [5, 5.41) is 27.2. The lowest BCUT2D eigenvalue weighted by molar-refractivity contribution is -0.0000881. The van der Waals surface area contributed by atoms with Gasteiger partial charge in [0.15, 0.2) is 0 Å². The third-order valence-electron chi connectivity index (χ3n) is 11.4. The zero-order valence-electron chi connectivity index (χ0n) is 39.5. The molecule has 68 heavy (non-hydrogen) atoms. The van der Waals surface area contributed by atoms with E-state index in [1.165, 1.54) is 11.1 Å². The van der Waals surface area contributed by atoms with Gasteiger partial charge >= 0.3 is 6.09 Å². The van der Waals surface area contributed by atoms with Crippen LogP contribution in [0.1, 0.15) is 108 Å². The summed E-state index contributed by atoms with van der Waals surface area (Å²) < 4.78 is 28.1. The van der Waals surface area contributed by atoms with Crippen LogP contribution in [-0.2, 0) is 17.6 Å². The molecule has 6 aromatic rings. The molecule has 356 valence electrons. The first-order valence-electron chi connectivity index (χ1n) is 22.7. The number of halogens is 1. The van der Waals surface area contributed by atoms with Crippen LogP contribution in [0.2, 0.25) is 0 Å². The number of carbonyl (C=O) groups excluding carboxylic acids is 1. The Morgan fingerprint density at radius 2 is 1.28 bits per heavy atom. The van der Waals surface area contributed by atoms with Crippen molar-refractivity contribution in [2.45, 2.75) is 117 Å². The Morgan fingerprint density at radius 1 is 0.765 bits per heavy atom. The molecular formula is C52H57ClN7O8-. The minimum absolute atomic E-state index is 0. The Kier molecular flexibility index (Phi) is 16.6. The first-order valence-corrected chi connectivity index (χ1v) is 22.7.